The van der Waals surface area contributed by atoms with Crippen LogP contribution in [-0.4, -0.2) is 5.91 Å². The molecule has 0 unspecified atom stereocenters. The molecule has 0 aliphatic heterocycles. The van der Waals surface area contributed by atoms with Crippen LogP contribution in [0.15, 0.2) is 24.3 Å². The minimum Gasteiger partial charge on any atom is -0.627 e. The van der Waals surface area contributed by atoms with Gasteiger partial charge >= 0.3 is 20.4 Å². The fourth-order valence-corrected chi connectivity index (χ4v) is 1.31. The minimum atomic E-state index is -0.227. The van der Waals surface area contributed by atoms with E-state index in [1.807, 2.05) is 38.1 Å². The van der Waals surface area contributed by atoms with Crippen molar-refractivity contribution < 1.29 is 25.2 Å². The molecule has 1 aromatic rings. The third-order valence-corrected chi connectivity index (χ3v) is 1.91. The Morgan fingerprint density at radius 3 is 2.33 bits per heavy atom. The van der Waals surface area contributed by atoms with Crippen molar-refractivity contribution in [2.24, 2.45) is 0 Å². The van der Waals surface area contributed by atoms with Crippen molar-refractivity contribution in [2.75, 3.05) is 0 Å². The number of amides is 1. The predicted octanol–water partition coefficient (Wildman–Crippen LogP) is 3.35. The van der Waals surface area contributed by atoms with E-state index < -0.39 is 0 Å². The fourth-order valence-electron chi connectivity index (χ4n) is 1.31. The average Bonchev–Trinajstić information content (AvgIpc) is 2.01. The summed E-state index contributed by atoms with van der Waals surface area (Å²) in [5, 5.41) is 3.95. The molecule has 1 aromatic carbocycles. The summed E-state index contributed by atoms with van der Waals surface area (Å²) in [5.74, 6) is -0.179. The molecule has 0 saturated carbocycles. The molecule has 0 heterocycles. The van der Waals surface area contributed by atoms with Crippen molar-refractivity contribution in [3.63, 3.8) is 0 Å². The quantitative estimate of drug-likeness (QED) is 0.608. The molecular weight excluding hydrogens is 281 g/mol. The molecule has 15 heavy (non-hydrogen) atoms. The van der Waals surface area contributed by atoms with Gasteiger partial charge in [0.2, 0.25) is 0 Å². The Hall–Kier alpha value is -0.648. The van der Waals surface area contributed by atoms with Gasteiger partial charge < -0.3 is 17.0 Å². The second-order valence-electron chi connectivity index (χ2n) is 4.03. The molecule has 1 rings (SSSR count). The Bertz CT molecular complexity index is 342. The van der Waals surface area contributed by atoms with Gasteiger partial charge in [-0.05, 0) is 6.92 Å². The Morgan fingerprint density at radius 2 is 1.87 bits per heavy atom. The summed E-state index contributed by atoms with van der Waals surface area (Å²) in [4.78, 5) is 10.9. The smallest absolute Gasteiger partial charge is 0.627 e. The molecular formula is C12H15NOPd. The second kappa shape index (κ2) is 5.44. The van der Waals surface area contributed by atoms with Gasteiger partial charge in [-0.3, -0.25) is 0 Å². The summed E-state index contributed by atoms with van der Waals surface area (Å²) in [5.41, 5.74) is 1.49. The maximum atomic E-state index is 10.9. The molecule has 3 heteroatoms. The third-order valence-electron chi connectivity index (χ3n) is 1.91. The van der Waals surface area contributed by atoms with E-state index in [2.05, 4.69) is 12.2 Å². The number of hydrogen-bond acceptors (Lipinski definition) is 1. The van der Waals surface area contributed by atoms with Crippen LogP contribution in [0.1, 0.15) is 26.3 Å². The molecule has 0 fully saturated rings. The number of carbonyl (C=O) groups is 1. The van der Waals surface area contributed by atoms with Gasteiger partial charge in [-0.25, -0.2) is 0 Å². The van der Waals surface area contributed by atoms with Crippen LogP contribution in [-0.2, 0) is 30.6 Å². The number of hydrogen-bond donors (Lipinski definition) is 0. The molecule has 0 aliphatic carbocycles. The van der Waals surface area contributed by atoms with Gasteiger partial charge in [0, 0.05) is 0 Å². The first-order valence-electron chi connectivity index (χ1n) is 4.58. The summed E-state index contributed by atoms with van der Waals surface area (Å²) >= 11 is 0. The molecule has 0 saturated heterocycles. The van der Waals surface area contributed by atoms with Crippen molar-refractivity contribution >= 4 is 11.6 Å². The Balaban J connectivity index is 0.00000196. The molecule has 84 valence electrons. The number of benzene rings is 1. The van der Waals surface area contributed by atoms with E-state index in [9.17, 15) is 4.79 Å². The number of nitrogens with zero attached hydrogens (tertiary/aromatic N) is 1. The predicted molar refractivity (Wildman–Crippen MR) is 58.5 cm³/mol. The summed E-state index contributed by atoms with van der Waals surface area (Å²) in [6.45, 7) is 9.49. The third kappa shape index (κ3) is 4.15. The summed E-state index contributed by atoms with van der Waals surface area (Å²) < 4.78 is 0. The van der Waals surface area contributed by atoms with Crippen LogP contribution >= 0.6 is 0 Å². The standard InChI is InChI=1S/C12H16NO.Pd/c1-9(14)13-11-8-6-5-7-10(11)12(2,3)4;/h5-8H,2H2,1,3-4H3,(H,13,14);/q-1;+2/p-1. The van der Waals surface area contributed by atoms with E-state index in [4.69, 9.17) is 0 Å². The van der Waals surface area contributed by atoms with Gasteiger partial charge in [0.05, 0.1) is 5.91 Å². The summed E-state index contributed by atoms with van der Waals surface area (Å²) in [7, 11) is 0. The Kier molecular flexibility index (Phi) is 5.20. The molecule has 0 radical (unpaired) electrons. The normalized spacial score (nSPS) is 10.4. The van der Waals surface area contributed by atoms with Crippen LogP contribution < -0.4 is 0 Å². The zero-order valence-electron chi connectivity index (χ0n) is 9.19. The maximum absolute atomic E-state index is 10.9. The topological polar surface area (TPSA) is 31.2 Å². The second-order valence-corrected chi connectivity index (χ2v) is 4.03. The van der Waals surface area contributed by atoms with E-state index in [0.717, 1.165) is 11.3 Å². The zero-order chi connectivity index (χ0) is 10.8. The number of rotatable bonds is 2. The van der Waals surface area contributed by atoms with E-state index in [1.165, 1.54) is 6.92 Å². The van der Waals surface area contributed by atoms with Crippen molar-refractivity contribution in [3.05, 3.63) is 42.1 Å². The average molecular weight is 296 g/mol. The van der Waals surface area contributed by atoms with Crippen LogP contribution in [0.4, 0.5) is 5.69 Å². The molecule has 0 N–H and O–H groups in total. The minimum absolute atomic E-state index is 0. The van der Waals surface area contributed by atoms with Gasteiger partial charge in [0.15, 0.2) is 0 Å². The first kappa shape index (κ1) is 14.4. The largest absolute Gasteiger partial charge is 2.00 e. The Morgan fingerprint density at radius 1 is 1.33 bits per heavy atom. The first-order valence-corrected chi connectivity index (χ1v) is 4.58. The molecule has 0 atom stereocenters. The van der Waals surface area contributed by atoms with E-state index in [1.54, 1.807) is 0 Å². The molecule has 0 spiro atoms. The molecule has 0 bridgehead atoms. The first-order chi connectivity index (χ1) is 6.41. The van der Waals surface area contributed by atoms with Crippen molar-refractivity contribution in [2.45, 2.75) is 26.2 Å². The van der Waals surface area contributed by atoms with Gasteiger partial charge in [0.1, 0.15) is 0 Å². The van der Waals surface area contributed by atoms with Crippen LogP contribution in [0, 0.1) is 6.92 Å². The van der Waals surface area contributed by atoms with Crippen molar-refractivity contribution in [1.29, 1.82) is 0 Å². The van der Waals surface area contributed by atoms with Crippen LogP contribution in [0.3, 0.4) is 0 Å². The van der Waals surface area contributed by atoms with Gasteiger partial charge in [-0.15, -0.1) is 11.1 Å². The molecule has 1 amide bonds. The van der Waals surface area contributed by atoms with Crippen LogP contribution in [0.25, 0.3) is 5.32 Å². The van der Waals surface area contributed by atoms with E-state index in [0.29, 0.717) is 0 Å². The van der Waals surface area contributed by atoms with E-state index in [-0.39, 0.29) is 31.7 Å². The van der Waals surface area contributed by atoms with Crippen molar-refractivity contribution in [1.82, 2.24) is 0 Å². The maximum Gasteiger partial charge on any atom is 2.00 e. The van der Waals surface area contributed by atoms with Crippen molar-refractivity contribution in [3.8, 4) is 0 Å². The van der Waals surface area contributed by atoms with Gasteiger partial charge in [-0.1, -0.05) is 43.7 Å². The van der Waals surface area contributed by atoms with Crippen LogP contribution in [0.2, 0.25) is 0 Å². The SMILES string of the molecule is [CH2-]C(C)(C)c1ccccc1[N-]C(C)=O.[Pd+2]. The van der Waals surface area contributed by atoms with Crippen LogP contribution in [0.5, 0.6) is 0 Å². The molecule has 2 nitrogen and oxygen atoms in total. The fraction of sp³-hybridized carbons (Fsp3) is 0.333. The monoisotopic (exact) mass is 295 g/mol. The Labute approximate surface area is 105 Å². The number of carbonyl (C=O) groups excluding carboxylic acids is 1. The van der Waals surface area contributed by atoms with Gasteiger partial charge in [0.25, 0.3) is 0 Å². The summed E-state index contributed by atoms with van der Waals surface area (Å²) in [6.07, 6.45) is 0. The summed E-state index contributed by atoms with van der Waals surface area (Å²) in [6, 6.07) is 7.59. The number of para-hydroxylation sites is 1. The zero-order valence-corrected chi connectivity index (χ0v) is 10.7. The molecule has 0 aromatic heterocycles. The molecule has 0 aliphatic rings. The van der Waals surface area contributed by atoms with E-state index >= 15 is 0 Å². The van der Waals surface area contributed by atoms with Gasteiger partial charge in [-0.2, -0.15) is 0 Å².